The van der Waals surface area contributed by atoms with Gasteiger partial charge in [0.1, 0.15) is 0 Å². The highest BCUT2D eigenvalue weighted by atomic mass is 16.3. The standard InChI is InChI=1S/C16H26N2O/c1-13(19)15-6-4-5-7-16(15)18(3)12-14-8-10-17(2)11-9-14/h4-7,13-14,19H,8-12H2,1-3H3. The van der Waals surface area contributed by atoms with Crippen molar-refractivity contribution in [2.24, 2.45) is 5.92 Å². The van der Waals surface area contributed by atoms with Gasteiger partial charge in [-0.05, 0) is 51.9 Å². The van der Waals surface area contributed by atoms with Gasteiger partial charge in [0.2, 0.25) is 0 Å². The second-order valence-corrected chi connectivity index (χ2v) is 5.86. The van der Waals surface area contributed by atoms with Gasteiger partial charge in [0, 0.05) is 24.8 Å². The summed E-state index contributed by atoms with van der Waals surface area (Å²) in [4.78, 5) is 4.71. The van der Waals surface area contributed by atoms with Crippen LogP contribution < -0.4 is 4.90 Å². The Bertz CT molecular complexity index is 397. The molecule has 1 aliphatic rings. The average Bonchev–Trinajstić information content (AvgIpc) is 2.41. The fourth-order valence-electron chi connectivity index (χ4n) is 2.92. The summed E-state index contributed by atoms with van der Waals surface area (Å²) in [5.41, 5.74) is 2.19. The van der Waals surface area contributed by atoms with Crippen LogP contribution in [0.5, 0.6) is 0 Å². The Hall–Kier alpha value is -1.06. The van der Waals surface area contributed by atoms with Crippen LogP contribution in [0.3, 0.4) is 0 Å². The monoisotopic (exact) mass is 262 g/mol. The number of nitrogens with zero attached hydrogens (tertiary/aromatic N) is 2. The Morgan fingerprint density at radius 3 is 2.58 bits per heavy atom. The highest BCUT2D eigenvalue weighted by Crippen LogP contribution is 2.27. The first-order chi connectivity index (χ1) is 9.08. The number of likely N-dealkylation sites (tertiary alicyclic amines) is 1. The van der Waals surface area contributed by atoms with Crippen LogP contribution in [-0.4, -0.2) is 43.7 Å². The summed E-state index contributed by atoms with van der Waals surface area (Å²) in [6.07, 6.45) is 2.14. The molecule has 19 heavy (non-hydrogen) atoms. The van der Waals surface area contributed by atoms with E-state index in [0.717, 1.165) is 23.7 Å². The van der Waals surface area contributed by atoms with Crippen molar-refractivity contribution >= 4 is 5.69 Å². The van der Waals surface area contributed by atoms with Gasteiger partial charge in [-0.25, -0.2) is 0 Å². The smallest absolute Gasteiger partial charge is 0.0781 e. The van der Waals surface area contributed by atoms with Crippen LogP contribution in [0.25, 0.3) is 0 Å². The molecule has 1 atom stereocenters. The lowest BCUT2D eigenvalue weighted by Gasteiger charge is -2.33. The van der Waals surface area contributed by atoms with Gasteiger partial charge in [0.05, 0.1) is 6.10 Å². The molecule has 1 unspecified atom stereocenters. The molecule has 1 fully saturated rings. The number of aliphatic hydroxyl groups is 1. The minimum absolute atomic E-state index is 0.406. The first-order valence-corrected chi connectivity index (χ1v) is 7.24. The van der Waals surface area contributed by atoms with Crippen LogP contribution in [0.2, 0.25) is 0 Å². The molecule has 0 aliphatic carbocycles. The Labute approximate surface area is 116 Å². The molecule has 1 aliphatic heterocycles. The van der Waals surface area contributed by atoms with Crippen LogP contribution in [0.4, 0.5) is 5.69 Å². The lowest BCUT2D eigenvalue weighted by Crippen LogP contribution is -2.36. The second kappa shape index (κ2) is 6.40. The number of benzene rings is 1. The molecule has 0 bridgehead atoms. The largest absolute Gasteiger partial charge is 0.389 e. The van der Waals surface area contributed by atoms with Crippen LogP contribution in [0.15, 0.2) is 24.3 Å². The van der Waals surface area contributed by atoms with Crippen LogP contribution >= 0.6 is 0 Å². The summed E-state index contributed by atoms with van der Waals surface area (Å²) in [6.45, 7) is 5.33. The number of rotatable bonds is 4. The van der Waals surface area contributed by atoms with E-state index in [1.165, 1.54) is 25.9 Å². The number of hydrogen-bond donors (Lipinski definition) is 1. The minimum Gasteiger partial charge on any atom is -0.389 e. The average molecular weight is 262 g/mol. The van der Waals surface area contributed by atoms with Gasteiger partial charge in [0.15, 0.2) is 0 Å². The quantitative estimate of drug-likeness (QED) is 0.903. The molecule has 0 radical (unpaired) electrons. The molecule has 0 aromatic heterocycles. The van der Waals surface area contributed by atoms with Gasteiger partial charge in [-0.2, -0.15) is 0 Å². The maximum absolute atomic E-state index is 9.86. The van der Waals surface area contributed by atoms with E-state index < -0.39 is 6.10 Å². The van der Waals surface area contributed by atoms with Crippen molar-refractivity contribution in [3.8, 4) is 0 Å². The Morgan fingerprint density at radius 1 is 1.32 bits per heavy atom. The number of hydrogen-bond acceptors (Lipinski definition) is 3. The van der Waals surface area contributed by atoms with Gasteiger partial charge < -0.3 is 14.9 Å². The summed E-state index contributed by atoms with van der Waals surface area (Å²) in [5.74, 6) is 0.767. The zero-order chi connectivity index (χ0) is 13.8. The van der Waals surface area contributed by atoms with E-state index in [0.29, 0.717) is 0 Å². The molecule has 1 aromatic carbocycles. The molecular formula is C16H26N2O. The van der Waals surface area contributed by atoms with E-state index in [1.54, 1.807) is 0 Å². The third-order valence-electron chi connectivity index (χ3n) is 4.17. The van der Waals surface area contributed by atoms with Crippen LogP contribution in [0, 0.1) is 5.92 Å². The SMILES string of the molecule is CC(O)c1ccccc1N(C)CC1CCN(C)CC1. The number of piperidine rings is 1. The van der Waals surface area contributed by atoms with E-state index in [4.69, 9.17) is 0 Å². The zero-order valence-corrected chi connectivity index (χ0v) is 12.3. The Kier molecular flexibility index (Phi) is 4.83. The summed E-state index contributed by atoms with van der Waals surface area (Å²) >= 11 is 0. The van der Waals surface area contributed by atoms with E-state index in [9.17, 15) is 5.11 Å². The molecule has 1 heterocycles. The van der Waals surface area contributed by atoms with Crippen molar-refractivity contribution in [2.45, 2.75) is 25.9 Å². The van der Waals surface area contributed by atoms with E-state index in [1.807, 2.05) is 25.1 Å². The molecule has 3 nitrogen and oxygen atoms in total. The summed E-state index contributed by atoms with van der Waals surface area (Å²) in [7, 11) is 4.34. The summed E-state index contributed by atoms with van der Waals surface area (Å²) in [5, 5.41) is 9.86. The lowest BCUT2D eigenvalue weighted by molar-refractivity contribution is 0.199. The first kappa shape index (κ1) is 14.4. The molecule has 0 spiro atoms. The molecule has 1 saturated heterocycles. The second-order valence-electron chi connectivity index (χ2n) is 5.86. The molecule has 1 aromatic rings. The molecular weight excluding hydrogens is 236 g/mol. The van der Waals surface area contributed by atoms with Crippen molar-refractivity contribution in [2.75, 3.05) is 38.6 Å². The summed E-state index contributed by atoms with van der Waals surface area (Å²) in [6, 6.07) is 8.17. The topological polar surface area (TPSA) is 26.7 Å². The van der Waals surface area contributed by atoms with Gasteiger partial charge in [-0.1, -0.05) is 18.2 Å². The Balaban J connectivity index is 2.01. The van der Waals surface area contributed by atoms with Crippen LogP contribution in [0.1, 0.15) is 31.4 Å². The maximum atomic E-state index is 9.86. The third-order valence-corrected chi connectivity index (χ3v) is 4.17. The van der Waals surface area contributed by atoms with Crippen molar-refractivity contribution in [3.05, 3.63) is 29.8 Å². The first-order valence-electron chi connectivity index (χ1n) is 7.24. The fourth-order valence-corrected chi connectivity index (χ4v) is 2.92. The molecule has 106 valence electrons. The fraction of sp³-hybridized carbons (Fsp3) is 0.625. The highest BCUT2D eigenvalue weighted by Gasteiger charge is 2.19. The zero-order valence-electron chi connectivity index (χ0n) is 12.3. The minimum atomic E-state index is -0.406. The number of para-hydroxylation sites is 1. The van der Waals surface area contributed by atoms with Crippen LogP contribution in [-0.2, 0) is 0 Å². The van der Waals surface area contributed by atoms with Gasteiger partial charge in [-0.15, -0.1) is 0 Å². The molecule has 0 amide bonds. The van der Waals surface area contributed by atoms with Gasteiger partial charge in [-0.3, -0.25) is 0 Å². The van der Waals surface area contributed by atoms with Gasteiger partial charge in [0.25, 0.3) is 0 Å². The number of aliphatic hydroxyl groups excluding tert-OH is 1. The number of anilines is 1. The lowest BCUT2D eigenvalue weighted by atomic mass is 9.96. The Morgan fingerprint density at radius 2 is 1.95 bits per heavy atom. The molecule has 0 saturated carbocycles. The van der Waals surface area contributed by atoms with Crippen molar-refractivity contribution in [1.82, 2.24) is 4.90 Å². The van der Waals surface area contributed by atoms with Crippen molar-refractivity contribution in [1.29, 1.82) is 0 Å². The summed E-state index contributed by atoms with van der Waals surface area (Å²) < 4.78 is 0. The van der Waals surface area contributed by atoms with Crippen molar-refractivity contribution < 1.29 is 5.11 Å². The normalized spacial score (nSPS) is 19.4. The van der Waals surface area contributed by atoms with E-state index >= 15 is 0 Å². The maximum Gasteiger partial charge on any atom is 0.0781 e. The van der Waals surface area contributed by atoms with E-state index in [-0.39, 0.29) is 0 Å². The molecule has 3 heteroatoms. The van der Waals surface area contributed by atoms with Gasteiger partial charge >= 0.3 is 0 Å². The predicted octanol–water partition coefficient (Wildman–Crippen LogP) is 2.52. The molecule has 1 N–H and O–H groups in total. The van der Waals surface area contributed by atoms with Crippen molar-refractivity contribution in [3.63, 3.8) is 0 Å². The highest BCUT2D eigenvalue weighted by molar-refractivity contribution is 5.53. The third kappa shape index (κ3) is 3.71. The predicted molar refractivity (Wildman–Crippen MR) is 80.6 cm³/mol. The van der Waals surface area contributed by atoms with E-state index in [2.05, 4.69) is 30.0 Å². The molecule has 2 rings (SSSR count).